The Balaban J connectivity index is 0.000000750. The summed E-state index contributed by atoms with van der Waals surface area (Å²) in [7, 11) is 0. The van der Waals surface area contributed by atoms with Gasteiger partial charge in [0, 0.05) is 11.9 Å². The zero-order valence-corrected chi connectivity index (χ0v) is 9.07. The highest BCUT2D eigenvalue weighted by Gasteiger charge is 2.30. The van der Waals surface area contributed by atoms with Gasteiger partial charge in [-0.2, -0.15) is 0 Å². The van der Waals surface area contributed by atoms with Crippen LogP contribution in [-0.4, -0.2) is 18.1 Å². The zero-order valence-electron chi connectivity index (χ0n) is 8.25. The molecule has 0 spiro atoms. The highest BCUT2D eigenvalue weighted by atomic mass is 35.5. The van der Waals surface area contributed by atoms with Gasteiger partial charge in [-0.15, -0.1) is 12.4 Å². The molecular formula is C11H17ClN2. The lowest BCUT2D eigenvalue weighted by atomic mass is 9.75. The molecule has 0 saturated carbocycles. The number of rotatable bonds is 0. The van der Waals surface area contributed by atoms with Crippen molar-refractivity contribution in [1.29, 1.82) is 0 Å². The average molecular weight is 213 g/mol. The Labute approximate surface area is 90.9 Å². The third-order valence-electron chi connectivity index (χ3n) is 3.64. The fraction of sp³-hybridized carbons (Fsp3) is 0.636. The highest BCUT2D eigenvalue weighted by Crippen LogP contribution is 2.32. The van der Waals surface area contributed by atoms with E-state index in [1.54, 1.807) is 5.56 Å². The molecule has 2 nitrogen and oxygen atoms in total. The van der Waals surface area contributed by atoms with Gasteiger partial charge in [-0.05, 0) is 55.8 Å². The summed E-state index contributed by atoms with van der Waals surface area (Å²) in [6.07, 6.45) is 6.03. The Bertz CT molecular complexity index is 279. The molecule has 14 heavy (non-hydrogen) atoms. The third-order valence-corrected chi connectivity index (χ3v) is 3.64. The zero-order chi connectivity index (χ0) is 8.67. The molecule has 2 aliphatic rings. The van der Waals surface area contributed by atoms with E-state index in [2.05, 4.69) is 22.6 Å². The van der Waals surface area contributed by atoms with Gasteiger partial charge in [0.2, 0.25) is 0 Å². The molecule has 3 heteroatoms. The Hall–Kier alpha value is -0.470. The van der Waals surface area contributed by atoms with Crippen LogP contribution in [0.2, 0.25) is 0 Å². The number of fused-ring (bicyclic) bond motifs is 2. The Kier molecular flexibility index (Phi) is 2.84. The van der Waals surface area contributed by atoms with E-state index < -0.39 is 0 Å². The van der Waals surface area contributed by atoms with Crippen molar-refractivity contribution in [3.05, 3.63) is 23.5 Å². The molecule has 1 saturated heterocycles. The van der Waals surface area contributed by atoms with E-state index in [1.807, 2.05) is 0 Å². The van der Waals surface area contributed by atoms with E-state index in [0.29, 0.717) is 0 Å². The second-order valence-corrected chi connectivity index (χ2v) is 4.40. The highest BCUT2D eigenvalue weighted by molar-refractivity contribution is 5.85. The molecule has 2 heterocycles. The van der Waals surface area contributed by atoms with Gasteiger partial charge in [0.05, 0.1) is 0 Å². The van der Waals surface area contributed by atoms with Crippen LogP contribution in [-0.2, 0) is 12.8 Å². The van der Waals surface area contributed by atoms with Crippen LogP contribution >= 0.6 is 12.4 Å². The van der Waals surface area contributed by atoms with Gasteiger partial charge < -0.3 is 10.3 Å². The van der Waals surface area contributed by atoms with Crippen LogP contribution in [0.3, 0.4) is 0 Å². The number of piperidine rings is 1. The van der Waals surface area contributed by atoms with E-state index >= 15 is 0 Å². The molecule has 0 amide bonds. The predicted octanol–water partition coefficient (Wildman–Crippen LogP) is 1.76. The van der Waals surface area contributed by atoms with Crippen molar-refractivity contribution in [2.24, 2.45) is 11.8 Å². The van der Waals surface area contributed by atoms with Gasteiger partial charge in [-0.3, -0.25) is 0 Å². The maximum absolute atomic E-state index is 3.50. The molecular weight excluding hydrogens is 196 g/mol. The predicted molar refractivity (Wildman–Crippen MR) is 59.9 cm³/mol. The minimum atomic E-state index is 0. The molecule has 0 bridgehead atoms. The lowest BCUT2D eigenvalue weighted by molar-refractivity contribution is 0.236. The normalized spacial score (nSPS) is 30.0. The third kappa shape index (κ3) is 1.57. The molecule has 2 atom stereocenters. The smallest absolute Gasteiger partial charge is 0.0182 e. The van der Waals surface area contributed by atoms with E-state index in [0.717, 1.165) is 11.8 Å². The minimum absolute atomic E-state index is 0. The standard InChI is InChI=1S/C11H16N2.ClH/c1-3-12-7-10-5-9-2-4-13-11(9)6-8(1)10;/h2,4,8,10,12-13H,1,3,5-7H2;1H. The molecule has 0 aromatic carbocycles. The minimum Gasteiger partial charge on any atom is -0.365 e. The lowest BCUT2D eigenvalue weighted by Gasteiger charge is -2.35. The van der Waals surface area contributed by atoms with E-state index in [9.17, 15) is 0 Å². The molecule has 1 aromatic heterocycles. The molecule has 1 aliphatic heterocycles. The van der Waals surface area contributed by atoms with Crippen molar-refractivity contribution in [2.75, 3.05) is 13.1 Å². The first-order valence-electron chi connectivity index (χ1n) is 5.29. The fourth-order valence-corrected chi connectivity index (χ4v) is 2.85. The van der Waals surface area contributed by atoms with Crippen LogP contribution in [0.15, 0.2) is 12.3 Å². The van der Waals surface area contributed by atoms with Gasteiger partial charge in [-0.25, -0.2) is 0 Å². The summed E-state index contributed by atoms with van der Waals surface area (Å²) in [4.78, 5) is 3.37. The summed E-state index contributed by atoms with van der Waals surface area (Å²) in [6, 6.07) is 2.25. The summed E-state index contributed by atoms with van der Waals surface area (Å²) in [5.41, 5.74) is 3.06. The van der Waals surface area contributed by atoms with Gasteiger partial charge in [-0.1, -0.05) is 0 Å². The summed E-state index contributed by atoms with van der Waals surface area (Å²) in [5, 5.41) is 3.50. The Morgan fingerprint density at radius 1 is 1.21 bits per heavy atom. The number of halogens is 1. The van der Waals surface area contributed by atoms with Crippen molar-refractivity contribution in [3.8, 4) is 0 Å². The molecule has 1 fully saturated rings. The van der Waals surface area contributed by atoms with Gasteiger partial charge in [0.1, 0.15) is 0 Å². The first-order chi connectivity index (χ1) is 6.43. The van der Waals surface area contributed by atoms with Crippen LogP contribution in [0.1, 0.15) is 17.7 Å². The monoisotopic (exact) mass is 212 g/mol. The van der Waals surface area contributed by atoms with Crippen LogP contribution in [0, 0.1) is 11.8 Å². The first kappa shape index (κ1) is 10.1. The number of hydrogen-bond acceptors (Lipinski definition) is 1. The number of hydrogen-bond donors (Lipinski definition) is 2. The first-order valence-corrected chi connectivity index (χ1v) is 5.29. The SMILES string of the molecule is Cl.c1cc2c([nH]1)CC1CCNCC1C2. The van der Waals surface area contributed by atoms with Gasteiger partial charge in [0.15, 0.2) is 0 Å². The largest absolute Gasteiger partial charge is 0.365 e. The molecule has 1 aromatic rings. The van der Waals surface area contributed by atoms with Crippen LogP contribution in [0.4, 0.5) is 0 Å². The quantitative estimate of drug-likeness (QED) is 0.674. The van der Waals surface area contributed by atoms with Crippen LogP contribution in [0.25, 0.3) is 0 Å². The van der Waals surface area contributed by atoms with E-state index in [4.69, 9.17) is 0 Å². The number of H-pyrrole nitrogens is 1. The molecule has 3 rings (SSSR count). The topological polar surface area (TPSA) is 27.8 Å². The summed E-state index contributed by atoms with van der Waals surface area (Å²) in [5.74, 6) is 1.84. The summed E-state index contributed by atoms with van der Waals surface area (Å²) >= 11 is 0. The number of aromatic nitrogens is 1. The van der Waals surface area contributed by atoms with Crippen molar-refractivity contribution < 1.29 is 0 Å². The van der Waals surface area contributed by atoms with Crippen molar-refractivity contribution in [1.82, 2.24) is 10.3 Å². The Morgan fingerprint density at radius 2 is 2.14 bits per heavy atom. The van der Waals surface area contributed by atoms with Gasteiger partial charge in [0.25, 0.3) is 0 Å². The van der Waals surface area contributed by atoms with E-state index in [1.165, 1.54) is 38.0 Å². The number of nitrogens with one attached hydrogen (secondary N) is 2. The maximum atomic E-state index is 3.50. The fourth-order valence-electron chi connectivity index (χ4n) is 2.85. The van der Waals surface area contributed by atoms with Crippen LogP contribution in [0.5, 0.6) is 0 Å². The second-order valence-electron chi connectivity index (χ2n) is 4.40. The van der Waals surface area contributed by atoms with Gasteiger partial charge >= 0.3 is 0 Å². The second kappa shape index (κ2) is 3.95. The van der Waals surface area contributed by atoms with Crippen LogP contribution < -0.4 is 5.32 Å². The molecule has 78 valence electrons. The maximum Gasteiger partial charge on any atom is 0.0182 e. The Morgan fingerprint density at radius 3 is 3.07 bits per heavy atom. The molecule has 2 unspecified atom stereocenters. The molecule has 0 radical (unpaired) electrons. The summed E-state index contributed by atoms with van der Waals surface area (Å²) < 4.78 is 0. The molecule has 2 N–H and O–H groups in total. The van der Waals surface area contributed by atoms with Crippen molar-refractivity contribution in [2.45, 2.75) is 19.3 Å². The molecule has 1 aliphatic carbocycles. The van der Waals surface area contributed by atoms with Crippen molar-refractivity contribution >= 4 is 12.4 Å². The average Bonchev–Trinajstić information content (AvgIpc) is 2.61. The van der Waals surface area contributed by atoms with Crippen molar-refractivity contribution in [3.63, 3.8) is 0 Å². The summed E-state index contributed by atoms with van der Waals surface area (Å²) in [6.45, 7) is 2.45. The lowest BCUT2D eigenvalue weighted by Crippen LogP contribution is -2.40. The number of aromatic amines is 1. The van der Waals surface area contributed by atoms with E-state index in [-0.39, 0.29) is 12.4 Å².